The molecule has 1 heterocycles. The van der Waals surface area contributed by atoms with E-state index in [-0.39, 0.29) is 24.8 Å². The first-order valence-corrected chi connectivity index (χ1v) is 10.0. The maximum atomic E-state index is 4.88. The molecule has 0 saturated heterocycles. The van der Waals surface area contributed by atoms with Gasteiger partial charge in [0.15, 0.2) is 0 Å². The van der Waals surface area contributed by atoms with Crippen molar-refractivity contribution in [2.45, 2.75) is 6.42 Å². The molecule has 116 valence electrons. The van der Waals surface area contributed by atoms with Gasteiger partial charge in [-0.2, -0.15) is 0 Å². The predicted octanol–water partition coefficient (Wildman–Crippen LogP) is -3.67. The normalized spacial score (nSPS) is 15.1. The fraction of sp³-hybridized carbons (Fsp3) is 0.0500. The van der Waals surface area contributed by atoms with Crippen LogP contribution in [-0.4, -0.2) is 5.71 Å². The van der Waals surface area contributed by atoms with E-state index >= 15 is 0 Å². The fourth-order valence-corrected chi connectivity index (χ4v) is 6.60. The van der Waals surface area contributed by atoms with Crippen molar-refractivity contribution in [2.75, 3.05) is 0 Å². The zero-order valence-electron chi connectivity index (χ0n) is 12.8. The van der Waals surface area contributed by atoms with Gasteiger partial charge in [0.1, 0.15) is 0 Å². The monoisotopic (exact) mass is 427 g/mol. The Morgan fingerprint density at radius 1 is 0.958 bits per heavy atom. The van der Waals surface area contributed by atoms with Crippen molar-refractivity contribution in [3.63, 3.8) is 0 Å². The SMILES string of the molecule is C1=CC[C]([Zr+2][c]2cccc3c2C2=c4ccccc4=CC2=N3)=C1.[Cl-].[Cl-]. The van der Waals surface area contributed by atoms with Crippen molar-refractivity contribution in [1.82, 2.24) is 0 Å². The predicted molar refractivity (Wildman–Crippen MR) is 87.7 cm³/mol. The number of hydrogen-bond acceptors (Lipinski definition) is 1. The van der Waals surface area contributed by atoms with Crippen LogP contribution < -0.4 is 38.5 Å². The molecule has 5 rings (SSSR count). The second-order valence-electron chi connectivity index (χ2n) is 5.75. The van der Waals surface area contributed by atoms with Crippen LogP contribution in [0.5, 0.6) is 0 Å². The third-order valence-corrected chi connectivity index (χ3v) is 7.77. The molecule has 2 aliphatic carbocycles. The quantitative estimate of drug-likeness (QED) is 0.467. The minimum absolute atomic E-state index is 0. The molecule has 0 bridgehead atoms. The zero-order chi connectivity index (χ0) is 14.5. The Morgan fingerprint density at radius 3 is 2.67 bits per heavy atom. The van der Waals surface area contributed by atoms with Gasteiger partial charge in [0.25, 0.3) is 0 Å². The summed E-state index contributed by atoms with van der Waals surface area (Å²) >= 11 is -0.720. The third kappa shape index (κ3) is 2.71. The molecule has 4 heteroatoms. The first-order valence-electron chi connectivity index (χ1n) is 7.56. The van der Waals surface area contributed by atoms with Crippen LogP contribution in [0.3, 0.4) is 0 Å². The summed E-state index contributed by atoms with van der Waals surface area (Å²) < 4.78 is 3.22. The topological polar surface area (TPSA) is 12.4 Å². The summed E-state index contributed by atoms with van der Waals surface area (Å²) in [6.45, 7) is 0. The number of nitrogens with zero attached hydrogens (tertiary/aromatic N) is 1. The van der Waals surface area contributed by atoms with Gasteiger partial charge in [-0.1, -0.05) is 0 Å². The van der Waals surface area contributed by atoms with Gasteiger partial charge in [-0.15, -0.1) is 0 Å². The summed E-state index contributed by atoms with van der Waals surface area (Å²) in [7, 11) is 0. The van der Waals surface area contributed by atoms with Gasteiger partial charge in [0.2, 0.25) is 0 Å². The molecule has 24 heavy (non-hydrogen) atoms. The number of allylic oxidation sites excluding steroid dienone is 4. The Bertz CT molecular complexity index is 1030. The van der Waals surface area contributed by atoms with E-state index in [2.05, 4.69) is 66.8 Å². The number of fused-ring (bicyclic) bond motifs is 4. The van der Waals surface area contributed by atoms with E-state index in [0.29, 0.717) is 0 Å². The minimum Gasteiger partial charge on any atom is -1.00 e. The first-order chi connectivity index (χ1) is 10.9. The number of hydrogen-bond donors (Lipinski definition) is 0. The Morgan fingerprint density at radius 2 is 1.83 bits per heavy atom. The first kappa shape index (κ1) is 17.6. The van der Waals surface area contributed by atoms with Crippen molar-refractivity contribution < 1.29 is 48.0 Å². The smallest absolute Gasteiger partial charge is 1.00 e. The maximum Gasteiger partial charge on any atom is -1.00 e. The van der Waals surface area contributed by atoms with Crippen LogP contribution in [0, 0.1) is 0 Å². The van der Waals surface area contributed by atoms with Gasteiger partial charge >= 0.3 is 141 Å². The van der Waals surface area contributed by atoms with Crippen LogP contribution >= 0.6 is 0 Å². The molecule has 2 aromatic rings. The van der Waals surface area contributed by atoms with Crippen LogP contribution in [0.15, 0.2) is 69.0 Å². The molecule has 1 aliphatic heterocycles. The molecule has 0 atom stereocenters. The molecule has 2 aromatic carbocycles. The molecular weight excluding hydrogens is 416 g/mol. The van der Waals surface area contributed by atoms with E-state index in [9.17, 15) is 0 Å². The van der Waals surface area contributed by atoms with Crippen molar-refractivity contribution in [3.8, 4) is 0 Å². The molecule has 0 radical (unpaired) electrons. The van der Waals surface area contributed by atoms with Gasteiger partial charge in [-0.25, -0.2) is 0 Å². The summed E-state index contributed by atoms with van der Waals surface area (Å²) in [6.07, 6.45) is 10.2. The summed E-state index contributed by atoms with van der Waals surface area (Å²) in [6, 6.07) is 15.3. The molecule has 0 aromatic heterocycles. The summed E-state index contributed by atoms with van der Waals surface area (Å²) in [5.74, 6) is 0. The second kappa shape index (κ2) is 6.96. The average Bonchev–Trinajstić information content (AvgIpc) is 3.21. The summed E-state index contributed by atoms with van der Waals surface area (Å²) in [4.78, 5) is 4.88. The van der Waals surface area contributed by atoms with E-state index in [4.69, 9.17) is 4.99 Å². The minimum atomic E-state index is -0.720. The van der Waals surface area contributed by atoms with E-state index < -0.39 is 23.2 Å². The molecule has 0 spiro atoms. The molecule has 0 saturated carbocycles. The van der Waals surface area contributed by atoms with Gasteiger partial charge in [0.05, 0.1) is 0 Å². The second-order valence-corrected chi connectivity index (χ2v) is 9.27. The van der Waals surface area contributed by atoms with E-state index in [0.717, 1.165) is 12.1 Å². The number of aliphatic imine (C=N–C) groups is 1. The van der Waals surface area contributed by atoms with Crippen molar-refractivity contribution in [2.24, 2.45) is 4.99 Å². The number of halogens is 2. The number of benzene rings is 2. The Kier molecular flexibility index (Phi) is 5.11. The van der Waals surface area contributed by atoms with Crippen molar-refractivity contribution in [3.05, 3.63) is 80.0 Å². The fourth-order valence-electron chi connectivity index (χ4n) is 3.40. The van der Waals surface area contributed by atoms with Crippen molar-refractivity contribution in [1.29, 1.82) is 0 Å². The third-order valence-electron chi connectivity index (χ3n) is 4.38. The van der Waals surface area contributed by atoms with Gasteiger partial charge in [-0.05, 0) is 0 Å². The van der Waals surface area contributed by atoms with Crippen LogP contribution in [0.25, 0.3) is 11.6 Å². The van der Waals surface area contributed by atoms with E-state index in [1.807, 2.05) is 0 Å². The van der Waals surface area contributed by atoms with Crippen LogP contribution in [0.2, 0.25) is 0 Å². The Balaban J connectivity index is 0.000000845. The molecule has 0 N–H and O–H groups in total. The van der Waals surface area contributed by atoms with Crippen molar-refractivity contribution >= 4 is 26.3 Å². The van der Waals surface area contributed by atoms with Gasteiger partial charge in [0, 0.05) is 0 Å². The average molecular weight is 429 g/mol. The van der Waals surface area contributed by atoms with Gasteiger partial charge < -0.3 is 24.8 Å². The molecule has 1 nitrogen and oxygen atoms in total. The molecule has 0 amide bonds. The zero-order valence-corrected chi connectivity index (χ0v) is 16.7. The van der Waals surface area contributed by atoms with Crippen LogP contribution in [0.4, 0.5) is 5.69 Å². The van der Waals surface area contributed by atoms with Gasteiger partial charge in [-0.3, -0.25) is 0 Å². The maximum absolute atomic E-state index is 4.88. The van der Waals surface area contributed by atoms with E-state index in [1.165, 1.54) is 27.3 Å². The molecule has 0 fully saturated rings. The number of rotatable bonds is 2. The summed E-state index contributed by atoms with van der Waals surface area (Å²) in [5.41, 5.74) is 5.11. The molecular formula is C20H13Cl2NZr. The van der Waals surface area contributed by atoms with Crippen LogP contribution in [-0.2, 0) is 23.2 Å². The standard InChI is InChI=1S/C15H8N.C5H5.2ClH.Zr/c1-2-6-11-10(5-1)9-14-15(11)12-7-3-4-8-13(12)16-14;1-2-4-5-3-1;;;/h1-6,8-9H;1-3H,4H2;2*1H;/q;;;;+2/p-2. The Labute approximate surface area is 165 Å². The molecule has 0 unspecified atom stereocenters. The Hall–Kier alpha value is -1.21. The largest absolute Gasteiger partial charge is 1.00 e. The molecule has 3 aliphatic rings. The van der Waals surface area contributed by atoms with Crippen LogP contribution in [0.1, 0.15) is 12.0 Å². The summed E-state index contributed by atoms with van der Waals surface area (Å²) in [5, 5.41) is 2.66. The van der Waals surface area contributed by atoms with E-state index in [1.54, 1.807) is 6.55 Å².